The summed E-state index contributed by atoms with van der Waals surface area (Å²) in [4.78, 5) is 24.4. The number of thiophene rings is 1. The fourth-order valence-corrected chi connectivity index (χ4v) is 3.48. The highest BCUT2D eigenvalue weighted by Crippen LogP contribution is 2.27. The second kappa shape index (κ2) is 8.13. The number of carbonyl (C=O) groups excluding carboxylic acids is 1. The van der Waals surface area contributed by atoms with E-state index in [4.69, 9.17) is 5.11 Å². The highest BCUT2D eigenvalue weighted by molar-refractivity contribution is 7.10. The smallest absolute Gasteiger partial charge is 0.358 e. The van der Waals surface area contributed by atoms with Crippen molar-refractivity contribution in [2.24, 2.45) is 0 Å². The van der Waals surface area contributed by atoms with E-state index in [1.807, 2.05) is 29.6 Å². The van der Waals surface area contributed by atoms with Crippen molar-refractivity contribution in [1.82, 2.24) is 20.3 Å². The summed E-state index contributed by atoms with van der Waals surface area (Å²) < 4.78 is 1.21. The van der Waals surface area contributed by atoms with Crippen LogP contribution in [0.4, 0.5) is 0 Å². The monoisotopic (exact) mass is 384 g/mol. The van der Waals surface area contributed by atoms with Crippen molar-refractivity contribution in [2.75, 3.05) is 0 Å². The zero-order valence-corrected chi connectivity index (χ0v) is 15.8. The molecule has 7 nitrogen and oxygen atoms in total. The fourth-order valence-electron chi connectivity index (χ4n) is 2.68. The molecule has 0 saturated heterocycles. The summed E-state index contributed by atoms with van der Waals surface area (Å²) in [6.07, 6.45) is 1.24. The summed E-state index contributed by atoms with van der Waals surface area (Å²) in [6.45, 7) is 4.17. The highest BCUT2D eigenvalue weighted by Gasteiger charge is 2.19. The number of aromatic carboxylic acids is 1. The molecule has 0 aliphatic carbocycles. The Hall–Kier alpha value is -3.00. The lowest BCUT2D eigenvalue weighted by Gasteiger charge is -2.19. The minimum Gasteiger partial charge on any atom is -0.476 e. The van der Waals surface area contributed by atoms with Crippen molar-refractivity contribution in [3.05, 3.63) is 69.7 Å². The van der Waals surface area contributed by atoms with Crippen LogP contribution in [0.3, 0.4) is 0 Å². The molecule has 1 aromatic carbocycles. The van der Waals surface area contributed by atoms with Crippen molar-refractivity contribution in [3.8, 4) is 0 Å². The first-order valence-electron chi connectivity index (χ1n) is 8.50. The summed E-state index contributed by atoms with van der Waals surface area (Å²) in [6, 6.07) is 11.8. The number of hydrogen-bond donors (Lipinski definition) is 2. The number of nitrogens with one attached hydrogen (secondary N) is 1. The van der Waals surface area contributed by atoms with Crippen LogP contribution in [0.1, 0.15) is 52.3 Å². The molecule has 3 rings (SSSR count). The van der Waals surface area contributed by atoms with Crippen LogP contribution in [-0.4, -0.2) is 32.0 Å². The third-order valence-corrected chi connectivity index (χ3v) is 5.07. The van der Waals surface area contributed by atoms with Crippen molar-refractivity contribution >= 4 is 23.2 Å². The van der Waals surface area contributed by atoms with Gasteiger partial charge in [0, 0.05) is 4.88 Å². The van der Waals surface area contributed by atoms with Gasteiger partial charge in [0.1, 0.15) is 6.54 Å². The maximum atomic E-state index is 12.5. The van der Waals surface area contributed by atoms with E-state index < -0.39 is 5.97 Å². The molecule has 0 aliphatic heterocycles. The number of benzene rings is 1. The van der Waals surface area contributed by atoms with E-state index in [9.17, 15) is 9.59 Å². The molecule has 3 aromatic rings. The predicted octanol–water partition coefficient (Wildman–Crippen LogP) is 3.07. The largest absolute Gasteiger partial charge is 0.476 e. The van der Waals surface area contributed by atoms with Gasteiger partial charge in [-0.25, -0.2) is 9.48 Å². The molecular weight excluding hydrogens is 364 g/mol. The number of carboxylic acids is 1. The van der Waals surface area contributed by atoms with Gasteiger partial charge >= 0.3 is 5.97 Å². The molecular formula is C19H20N4O3S. The van der Waals surface area contributed by atoms with E-state index in [2.05, 4.69) is 41.6 Å². The number of amides is 1. The summed E-state index contributed by atoms with van der Waals surface area (Å²) in [5.74, 6) is -1.02. The van der Waals surface area contributed by atoms with Gasteiger partial charge in [-0.1, -0.05) is 49.4 Å². The first-order valence-corrected chi connectivity index (χ1v) is 9.38. The average molecular weight is 384 g/mol. The van der Waals surface area contributed by atoms with Crippen molar-refractivity contribution in [2.45, 2.75) is 32.4 Å². The zero-order valence-electron chi connectivity index (χ0n) is 15.0. The van der Waals surface area contributed by atoms with Gasteiger partial charge in [0.2, 0.25) is 5.91 Å². The van der Waals surface area contributed by atoms with E-state index in [1.165, 1.54) is 16.4 Å². The van der Waals surface area contributed by atoms with Gasteiger partial charge in [0.15, 0.2) is 5.69 Å². The Kier molecular flexibility index (Phi) is 5.66. The van der Waals surface area contributed by atoms with Crippen LogP contribution in [0.2, 0.25) is 0 Å². The van der Waals surface area contributed by atoms with E-state index in [0.29, 0.717) is 5.92 Å². The van der Waals surface area contributed by atoms with Crippen LogP contribution >= 0.6 is 11.3 Å². The first-order chi connectivity index (χ1) is 12.9. The van der Waals surface area contributed by atoms with Crippen LogP contribution in [0.5, 0.6) is 0 Å². The number of carboxylic acid groups (broad SMARTS) is 1. The molecule has 0 saturated carbocycles. The maximum Gasteiger partial charge on any atom is 0.358 e. The van der Waals surface area contributed by atoms with Crippen molar-refractivity contribution < 1.29 is 14.7 Å². The highest BCUT2D eigenvalue weighted by atomic mass is 32.1. The second-order valence-corrected chi connectivity index (χ2v) is 7.42. The Morgan fingerprint density at radius 1 is 1.19 bits per heavy atom. The molecule has 140 valence electrons. The molecule has 0 fully saturated rings. The van der Waals surface area contributed by atoms with Gasteiger partial charge < -0.3 is 10.4 Å². The normalized spacial score (nSPS) is 12.1. The van der Waals surface area contributed by atoms with Crippen LogP contribution in [0.25, 0.3) is 0 Å². The van der Waals surface area contributed by atoms with Gasteiger partial charge in [-0.3, -0.25) is 4.79 Å². The van der Waals surface area contributed by atoms with Gasteiger partial charge in [0.25, 0.3) is 0 Å². The molecule has 8 heteroatoms. The first kappa shape index (κ1) is 18.8. The molecule has 27 heavy (non-hydrogen) atoms. The minimum atomic E-state index is -1.18. The molecule has 1 atom stereocenters. The maximum absolute atomic E-state index is 12.5. The van der Waals surface area contributed by atoms with Crippen LogP contribution in [0.15, 0.2) is 48.0 Å². The Morgan fingerprint density at radius 3 is 2.44 bits per heavy atom. The number of nitrogens with zero attached hydrogens (tertiary/aromatic N) is 3. The van der Waals surface area contributed by atoms with E-state index in [0.717, 1.165) is 10.4 Å². The summed E-state index contributed by atoms with van der Waals surface area (Å²) in [7, 11) is 0. The van der Waals surface area contributed by atoms with Crippen LogP contribution in [-0.2, 0) is 11.3 Å². The lowest BCUT2D eigenvalue weighted by molar-refractivity contribution is -0.122. The molecule has 0 bridgehead atoms. The molecule has 2 N–H and O–H groups in total. The average Bonchev–Trinajstić information content (AvgIpc) is 3.31. The quantitative estimate of drug-likeness (QED) is 0.652. The van der Waals surface area contributed by atoms with E-state index in [-0.39, 0.29) is 24.2 Å². The van der Waals surface area contributed by atoms with E-state index in [1.54, 1.807) is 11.3 Å². The lowest BCUT2D eigenvalue weighted by atomic mass is 9.98. The standard InChI is InChI=1S/C19H20N4O3S/c1-12(2)13-5-7-14(8-6-13)18(16-4-3-9-27-16)20-17(24)11-23-10-15(19(25)26)21-22-23/h3-10,12,18H,11H2,1-2H3,(H,20,24)(H,25,26). The molecule has 0 spiro atoms. The van der Waals surface area contributed by atoms with Gasteiger partial charge in [0.05, 0.1) is 12.2 Å². The molecule has 1 amide bonds. The van der Waals surface area contributed by atoms with Gasteiger partial charge in [-0.2, -0.15) is 0 Å². The number of rotatable bonds is 7. The summed E-state index contributed by atoms with van der Waals surface area (Å²) in [5.41, 5.74) is 2.03. The molecule has 0 aliphatic rings. The van der Waals surface area contributed by atoms with E-state index >= 15 is 0 Å². The van der Waals surface area contributed by atoms with Crippen LogP contribution < -0.4 is 5.32 Å². The Labute approximate surface area is 160 Å². The minimum absolute atomic E-state index is 0.105. The predicted molar refractivity (Wildman–Crippen MR) is 102 cm³/mol. The molecule has 2 heterocycles. The van der Waals surface area contributed by atoms with Crippen molar-refractivity contribution in [3.63, 3.8) is 0 Å². The van der Waals surface area contributed by atoms with Gasteiger partial charge in [-0.05, 0) is 28.5 Å². The second-order valence-electron chi connectivity index (χ2n) is 6.44. The Balaban J connectivity index is 1.77. The van der Waals surface area contributed by atoms with Crippen LogP contribution in [0, 0.1) is 0 Å². The fraction of sp³-hybridized carbons (Fsp3) is 0.263. The SMILES string of the molecule is CC(C)c1ccc(C(NC(=O)Cn2cc(C(=O)O)nn2)c2cccs2)cc1. The molecule has 1 unspecified atom stereocenters. The third-order valence-electron chi connectivity index (χ3n) is 4.13. The molecule has 0 radical (unpaired) electrons. The van der Waals surface area contributed by atoms with Gasteiger partial charge in [-0.15, -0.1) is 16.4 Å². The zero-order chi connectivity index (χ0) is 19.4. The third kappa shape index (κ3) is 4.59. The topological polar surface area (TPSA) is 97.1 Å². The number of carbonyl (C=O) groups is 2. The summed E-state index contributed by atoms with van der Waals surface area (Å²) in [5, 5.41) is 21.1. The number of hydrogen-bond acceptors (Lipinski definition) is 5. The Bertz CT molecular complexity index is 917. The lowest BCUT2D eigenvalue weighted by Crippen LogP contribution is -2.32. The number of aromatic nitrogens is 3. The molecule has 2 aromatic heterocycles. The van der Waals surface area contributed by atoms with Crippen molar-refractivity contribution in [1.29, 1.82) is 0 Å². The Morgan fingerprint density at radius 2 is 1.89 bits per heavy atom. The summed E-state index contributed by atoms with van der Waals surface area (Å²) >= 11 is 1.57.